The summed E-state index contributed by atoms with van der Waals surface area (Å²) in [6, 6.07) is 14.3. The quantitative estimate of drug-likeness (QED) is 0.593. The van der Waals surface area contributed by atoms with E-state index in [1.807, 2.05) is 0 Å². The standard InChI is InChI=1S/C29H38N6O/c1-21-6-3-7-22-8-4-10-26(27(21)22)34-16-11-24-25(12-17-34)31-29(36-20-23-9-5-15-33(23)2)32-28(24)35-18-13-30-14-19-35/h3-4,6-8,10,23,30H,5,9,11-20H2,1-2H3/t23-/m0/s1. The van der Waals surface area contributed by atoms with Crippen LogP contribution in [-0.2, 0) is 12.8 Å². The normalized spacial score (nSPS) is 21.0. The summed E-state index contributed by atoms with van der Waals surface area (Å²) in [5.74, 6) is 1.09. The van der Waals surface area contributed by atoms with Crippen molar-refractivity contribution in [3.8, 4) is 6.01 Å². The topological polar surface area (TPSA) is 56.8 Å². The number of aryl methyl sites for hydroxylation is 1. The van der Waals surface area contributed by atoms with Crippen LogP contribution in [0.25, 0.3) is 10.8 Å². The summed E-state index contributed by atoms with van der Waals surface area (Å²) >= 11 is 0. The first kappa shape index (κ1) is 23.5. The monoisotopic (exact) mass is 486 g/mol. The van der Waals surface area contributed by atoms with Gasteiger partial charge in [-0.2, -0.15) is 9.97 Å². The fraction of sp³-hybridized carbons (Fsp3) is 0.517. The highest BCUT2D eigenvalue weighted by atomic mass is 16.5. The molecule has 7 heteroatoms. The minimum Gasteiger partial charge on any atom is -0.462 e. The number of aromatic nitrogens is 2. The van der Waals surface area contributed by atoms with Gasteiger partial charge in [0.05, 0.1) is 5.69 Å². The maximum Gasteiger partial charge on any atom is 0.318 e. The summed E-state index contributed by atoms with van der Waals surface area (Å²) in [5, 5.41) is 6.15. The minimum atomic E-state index is 0.458. The Bertz CT molecular complexity index is 1220. The van der Waals surface area contributed by atoms with Crippen LogP contribution in [0.4, 0.5) is 11.5 Å². The van der Waals surface area contributed by atoms with Crippen LogP contribution >= 0.6 is 0 Å². The predicted octanol–water partition coefficient (Wildman–Crippen LogP) is 3.43. The van der Waals surface area contributed by atoms with E-state index >= 15 is 0 Å². The lowest BCUT2D eigenvalue weighted by molar-refractivity contribution is 0.187. The first-order chi connectivity index (χ1) is 17.7. The fourth-order valence-corrected chi connectivity index (χ4v) is 6.13. The van der Waals surface area contributed by atoms with Gasteiger partial charge in [0.15, 0.2) is 0 Å². The third-order valence-corrected chi connectivity index (χ3v) is 8.23. The number of nitrogens with one attached hydrogen (secondary N) is 1. The van der Waals surface area contributed by atoms with E-state index in [1.54, 1.807) is 0 Å². The SMILES string of the molecule is Cc1cccc2cccc(N3CCc4nc(OC[C@@H]5CCCN5C)nc(N5CCNCC5)c4CC3)c12. The smallest absolute Gasteiger partial charge is 0.318 e. The summed E-state index contributed by atoms with van der Waals surface area (Å²) < 4.78 is 6.26. The van der Waals surface area contributed by atoms with Crippen LogP contribution in [0.3, 0.4) is 0 Å². The highest BCUT2D eigenvalue weighted by Crippen LogP contribution is 2.33. The molecule has 36 heavy (non-hydrogen) atoms. The van der Waals surface area contributed by atoms with Crippen molar-refractivity contribution >= 4 is 22.3 Å². The second kappa shape index (κ2) is 10.2. The van der Waals surface area contributed by atoms with Crippen molar-refractivity contribution in [1.82, 2.24) is 20.2 Å². The average Bonchev–Trinajstić information content (AvgIpc) is 3.20. The molecule has 0 saturated carbocycles. The summed E-state index contributed by atoms with van der Waals surface area (Å²) in [6.45, 7) is 9.87. The Morgan fingerprint density at radius 2 is 1.75 bits per heavy atom. The molecule has 0 aliphatic carbocycles. The largest absolute Gasteiger partial charge is 0.462 e. The van der Waals surface area contributed by atoms with Gasteiger partial charge in [-0.15, -0.1) is 0 Å². The van der Waals surface area contributed by atoms with Gasteiger partial charge in [0.25, 0.3) is 0 Å². The number of nitrogens with zero attached hydrogens (tertiary/aromatic N) is 5. The summed E-state index contributed by atoms with van der Waals surface area (Å²) in [7, 11) is 2.19. The molecule has 0 spiro atoms. The van der Waals surface area contributed by atoms with Crippen LogP contribution in [0.15, 0.2) is 36.4 Å². The van der Waals surface area contributed by atoms with Gasteiger partial charge in [0.1, 0.15) is 12.4 Å². The van der Waals surface area contributed by atoms with Crippen LogP contribution < -0.4 is 19.9 Å². The molecule has 0 unspecified atom stereocenters. The van der Waals surface area contributed by atoms with Crippen molar-refractivity contribution in [3.63, 3.8) is 0 Å². The van der Waals surface area contributed by atoms with Gasteiger partial charge >= 0.3 is 6.01 Å². The van der Waals surface area contributed by atoms with Gasteiger partial charge in [-0.05, 0) is 56.8 Å². The Balaban J connectivity index is 1.30. The van der Waals surface area contributed by atoms with E-state index in [0.717, 1.165) is 70.2 Å². The molecule has 1 atom stereocenters. The maximum atomic E-state index is 6.26. The zero-order valence-corrected chi connectivity index (χ0v) is 21.7. The first-order valence-electron chi connectivity index (χ1n) is 13.6. The zero-order chi connectivity index (χ0) is 24.5. The predicted molar refractivity (Wildman–Crippen MR) is 147 cm³/mol. The zero-order valence-electron chi connectivity index (χ0n) is 21.7. The molecule has 190 valence electrons. The van der Waals surface area contributed by atoms with Gasteiger partial charge < -0.3 is 24.8 Å². The van der Waals surface area contributed by atoms with Crippen molar-refractivity contribution in [2.75, 3.05) is 69.3 Å². The Kier molecular flexibility index (Phi) is 6.67. The molecule has 3 aliphatic rings. The molecule has 1 N–H and O–H groups in total. The number of fused-ring (bicyclic) bond motifs is 2. The van der Waals surface area contributed by atoms with Crippen LogP contribution in [0.2, 0.25) is 0 Å². The van der Waals surface area contributed by atoms with Gasteiger partial charge in [0.2, 0.25) is 0 Å². The lowest BCUT2D eigenvalue weighted by Crippen LogP contribution is -2.44. The maximum absolute atomic E-state index is 6.26. The van der Waals surface area contributed by atoms with E-state index in [0.29, 0.717) is 18.7 Å². The summed E-state index contributed by atoms with van der Waals surface area (Å²) in [5.41, 5.74) is 5.13. The highest BCUT2D eigenvalue weighted by molar-refractivity contribution is 5.96. The van der Waals surface area contributed by atoms with Gasteiger partial charge in [-0.1, -0.05) is 30.3 Å². The molecule has 0 bridgehead atoms. The van der Waals surface area contributed by atoms with E-state index < -0.39 is 0 Å². The van der Waals surface area contributed by atoms with E-state index in [1.165, 1.54) is 40.4 Å². The second-order valence-electron chi connectivity index (χ2n) is 10.5. The van der Waals surface area contributed by atoms with Crippen molar-refractivity contribution in [1.29, 1.82) is 0 Å². The van der Waals surface area contributed by atoms with Crippen LogP contribution in [0, 0.1) is 6.92 Å². The number of rotatable bonds is 5. The van der Waals surface area contributed by atoms with Crippen LogP contribution in [-0.4, -0.2) is 80.4 Å². The molecule has 4 heterocycles. The lowest BCUT2D eigenvalue weighted by Gasteiger charge is -2.31. The summed E-state index contributed by atoms with van der Waals surface area (Å²) in [6.07, 6.45) is 4.28. The number of anilines is 2. The first-order valence-corrected chi connectivity index (χ1v) is 13.6. The molecule has 6 rings (SSSR count). The molecule has 3 aromatic rings. The number of likely N-dealkylation sites (tertiary alicyclic amines) is 1. The minimum absolute atomic E-state index is 0.458. The van der Waals surface area contributed by atoms with Crippen molar-refractivity contribution in [2.45, 2.75) is 38.6 Å². The Morgan fingerprint density at radius 1 is 0.944 bits per heavy atom. The van der Waals surface area contributed by atoms with Crippen LogP contribution in [0.5, 0.6) is 6.01 Å². The molecule has 2 saturated heterocycles. The molecule has 2 fully saturated rings. The molecule has 1 aromatic heterocycles. The lowest BCUT2D eigenvalue weighted by atomic mass is 10.0. The molecular weight excluding hydrogens is 448 g/mol. The van der Waals surface area contributed by atoms with Crippen molar-refractivity contribution in [3.05, 3.63) is 53.2 Å². The van der Waals surface area contributed by atoms with Gasteiger partial charge in [-0.25, -0.2) is 0 Å². The number of benzene rings is 2. The highest BCUT2D eigenvalue weighted by Gasteiger charge is 2.27. The third-order valence-electron chi connectivity index (χ3n) is 8.23. The summed E-state index contributed by atoms with van der Waals surface area (Å²) in [4.78, 5) is 17.4. The molecule has 0 amide bonds. The van der Waals surface area contributed by atoms with E-state index in [-0.39, 0.29) is 0 Å². The molecule has 2 aromatic carbocycles. The Labute approximate surface area is 214 Å². The van der Waals surface area contributed by atoms with Gasteiger partial charge in [-0.3, -0.25) is 0 Å². The van der Waals surface area contributed by atoms with Gasteiger partial charge in [0, 0.05) is 68.4 Å². The fourth-order valence-electron chi connectivity index (χ4n) is 6.13. The number of piperazine rings is 1. The molecule has 7 nitrogen and oxygen atoms in total. The number of likely N-dealkylation sites (N-methyl/N-ethyl adjacent to an activating group) is 1. The average molecular weight is 487 g/mol. The number of hydrogen-bond acceptors (Lipinski definition) is 7. The second-order valence-corrected chi connectivity index (χ2v) is 10.5. The Hall–Kier alpha value is -2.90. The van der Waals surface area contributed by atoms with E-state index in [9.17, 15) is 0 Å². The molecular formula is C29H38N6O. The third kappa shape index (κ3) is 4.62. The molecule has 3 aliphatic heterocycles. The molecule has 0 radical (unpaired) electrons. The number of ether oxygens (including phenoxy) is 1. The van der Waals surface area contributed by atoms with E-state index in [2.05, 4.69) is 70.4 Å². The van der Waals surface area contributed by atoms with Crippen LogP contribution in [0.1, 0.15) is 29.7 Å². The van der Waals surface area contributed by atoms with Crippen molar-refractivity contribution in [2.24, 2.45) is 0 Å². The number of hydrogen-bond donors (Lipinski definition) is 1. The van der Waals surface area contributed by atoms with E-state index in [4.69, 9.17) is 14.7 Å². The Morgan fingerprint density at radius 3 is 2.56 bits per heavy atom. The van der Waals surface area contributed by atoms with Crippen molar-refractivity contribution < 1.29 is 4.74 Å².